The molecule has 2 rings (SSSR count). The van der Waals surface area contributed by atoms with E-state index >= 15 is 0 Å². The van der Waals surface area contributed by atoms with Gasteiger partial charge in [0.25, 0.3) is 0 Å². The molecule has 0 saturated carbocycles. The van der Waals surface area contributed by atoms with Crippen molar-refractivity contribution in [3.63, 3.8) is 0 Å². The second kappa shape index (κ2) is 4.96. The summed E-state index contributed by atoms with van der Waals surface area (Å²) in [5, 5.41) is 11.5. The molecule has 1 aromatic carbocycles. The summed E-state index contributed by atoms with van der Waals surface area (Å²) in [5.41, 5.74) is 4.73. The van der Waals surface area contributed by atoms with E-state index in [1.54, 1.807) is 18.2 Å². The van der Waals surface area contributed by atoms with Crippen LogP contribution in [-0.4, -0.2) is 10.1 Å². The van der Waals surface area contributed by atoms with E-state index in [0.717, 1.165) is 22.5 Å². The van der Waals surface area contributed by atoms with Gasteiger partial charge >= 0.3 is 0 Å². The number of benzene rings is 1. The lowest BCUT2D eigenvalue weighted by Crippen LogP contribution is -2.03. The molecule has 0 saturated heterocycles. The van der Waals surface area contributed by atoms with E-state index in [4.69, 9.17) is 23.2 Å². The van der Waals surface area contributed by atoms with Crippen LogP contribution >= 0.6 is 23.2 Å². The molecule has 2 aromatic rings. The zero-order chi connectivity index (χ0) is 13.4. The maximum Gasteiger partial charge on any atom is 0.120 e. The number of aromatic nitrogens is 1. The standard InChI is InChI=1S/C14H15Cl2NO/c1-7-8(2)13(17-9(7)3)14(18)11-5-4-10(15)6-12(11)16/h4-6,14,17-18H,1-3H3. The molecule has 0 fully saturated rings. The van der Waals surface area contributed by atoms with Crippen molar-refractivity contribution in [1.29, 1.82) is 0 Å². The SMILES string of the molecule is Cc1[nH]c(C(O)c2ccc(Cl)cc2Cl)c(C)c1C. The predicted molar refractivity (Wildman–Crippen MR) is 75.5 cm³/mol. The smallest absolute Gasteiger partial charge is 0.120 e. The fourth-order valence-corrected chi connectivity index (χ4v) is 2.54. The van der Waals surface area contributed by atoms with E-state index in [9.17, 15) is 5.11 Å². The van der Waals surface area contributed by atoms with E-state index in [2.05, 4.69) is 4.98 Å². The number of H-pyrrole nitrogens is 1. The molecule has 0 spiro atoms. The Morgan fingerprint density at radius 2 is 1.78 bits per heavy atom. The second-order valence-electron chi connectivity index (χ2n) is 4.48. The molecule has 18 heavy (non-hydrogen) atoms. The van der Waals surface area contributed by atoms with Crippen LogP contribution in [0.15, 0.2) is 18.2 Å². The fourth-order valence-electron chi connectivity index (χ4n) is 2.02. The number of hydrogen-bond acceptors (Lipinski definition) is 1. The number of aryl methyl sites for hydroxylation is 1. The summed E-state index contributed by atoms with van der Waals surface area (Å²) in [4.78, 5) is 3.21. The number of hydrogen-bond donors (Lipinski definition) is 2. The topological polar surface area (TPSA) is 36.0 Å². The second-order valence-corrected chi connectivity index (χ2v) is 5.33. The van der Waals surface area contributed by atoms with Crippen molar-refractivity contribution in [2.45, 2.75) is 26.9 Å². The molecular formula is C14H15Cl2NO. The molecule has 0 bridgehead atoms. The molecular weight excluding hydrogens is 269 g/mol. The first-order chi connectivity index (χ1) is 8.41. The summed E-state index contributed by atoms with van der Waals surface area (Å²) in [6.07, 6.45) is -0.762. The van der Waals surface area contributed by atoms with E-state index < -0.39 is 6.10 Å². The Labute approximate surface area is 117 Å². The first-order valence-corrected chi connectivity index (χ1v) is 6.46. The van der Waals surface area contributed by atoms with Crippen molar-refractivity contribution < 1.29 is 5.11 Å². The van der Waals surface area contributed by atoms with Crippen molar-refractivity contribution in [1.82, 2.24) is 4.98 Å². The van der Waals surface area contributed by atoms with Gasteiger partial charge in [-0.2, -0.15) is 0 Å². The van der Waals surface area contributed by atoms with Gasteiger partial charge in [-0.3, -0.25) is 0 Å². The molecule has 1 aromatic heterocycles. The van der Waals surface area contributed by atoms with Gasteiger partial charge in [0.15, 0.2) is 0 Å². The number of aliphatic hydroxyl groups is 1. The molecule has 0 amide bonds. The van der Waals surface area contributed by atoms with Gasteiger partial charge in [-0.05, 0) is 44.0 Å². The van der Waals surface area contributed by atoms with Gasteiger partial charge in [0, 0.05) is 21.3 Å². The van der Waals surface area contributed by atoms with Crippen LogP contribution in [-0.2, 0) is 0 Å². The zero-order valence-electron chi connectivity index (χ0n) is 10.5. The monoisotopic (exact) mass is 283 g/mol. The Kier molecular flexibility index (Phi) is 3.71. The van der Waals surface area contributed by atoms with Crippen LogP contribution in [0.1, 0.15) is 34.2 Å². The number of rotatable bonds is 2. The third-order valence-electron chi connectivity index (χ3n) is 3.38. The van der Waals surface area contributed by atoms with Crippen LogP contribution in [0.3, 0.4) is 0 Å². The minimum Gasteiger partial charge on any atom is -0.382 e. The van der Waals surface area contributed by atoms with Gasteiger partial charge in [-0.15, -0.1) is 0 Å². The van der Waals surface area contributed by atoms with Gasteiger partial charge in [-0.1, -0.05) is 29.3 Å². The van der Waals surface area contributed by atoms with E-state index in [1.165, 1.54) is 0 Å². The summed E-state index contributed by atoms with van der Waals surface area (Å²) in [6, 6.07) is 5.11. The predicted octanol–water partition coefficient (Wildman–Crippen LogP) is 4.33. The Balaban J connectivity index is 2.47. The maximum absolute atomic E-state index is 10.4. The Morgan fingerprint density at radius 3 is 2.28 bits per heavy atom. The molecule has 0 radical (unpaired) electrons. The summed E-state index contributed by atoms with van der Waals surface area (Å²) >= 11 is 12.0. The molecule has 1 heterocycles. The van der Waals surface area contributed by atoms with E-state index in [1.807, 2.05) is 20.8 Å². The van der Waals surface area contributed by atoms with Crippen LogP contribution in [0.5, 0.6) is 0 Å². The van der Waals surface area contributed by atoms with Crippen molar-refractivity contribution in [2.24, 2.45) is 0 Å². The van der Waals surface area contributed by atoms with Crippen LogP contribution in [0, 0.1) is 20.8 Å². The summed E-state index contributed by atoms with van der Waals surface area (Å²) in [7, 11) is 0. The normalized spacial score (nSPS) is 12.8. The Hall–Kier alpha value is -0.960. The van der Waals surface area contributed by atoms with Gasteiger partial charge in [0.05, 0.1) is 5.69 Å². The number of aromatic amines is 1. The number of aliphatic hydroxyl groups excluding tert-OH is 1. The lowest BCUT2D eigenvalue weighted by molar-refractivity contribution is 0.215. The molecule has 2 N–H and O–H groups in total. The third kappa shape index (κ3) is 2.28. The molecule has 1 atom stereocenters. The molecule has 2 nitrogen and oxygen atoms in total. The summed E-state index contributed by atoms with van der Waals surface area (Å²) in [5.74, 6) is 0. The highest BCUT2D eigenvalue weighted by molar-refractivity contribution is 6.35. The van der Waals surface area contributed by atoms with Crippen molar-refractivity contribution >= 4 is 23.2 Å². The first-order valence-electron chi connectivity index (χ1n) is 5.70. The van der Waals surface area contributed by atoms with Crippen LogP contribution in [0.25, 0.3) is 0 Å². The zero-order valence-corrected chi connectivity index (χ0v) is 12.0. The molecule has 0 aliphatic carbocycles. The highest BCUT2D eigenvalue weighted by Gasteiger charge is 2.19. The quantitative estimate of drug-likeness (QED) is 0.846. The highest BCUT2D eigenvalue weighted by atomic mass is 35.5. The van der Waals surface area contributed by atoms with Gasteiger partial charge in [-0.25, -0.2) is 0 Å². The van der Waals surface area contributed by atoms with Gasteiger partial charge in [0.1, 0.15) is 6.10 Å². The van der Waals surface area contributed by atoms with E-state index in [0.29, 0.717) is 15.6 Å². The molecule has 0 aliphatic rings. The molecule has 0 aliphatic heterocycles. The van der Waals surface area contributed by atoms with Gasteiger partial charge < -0.3 is 10.1 Å². The van der Waals surface area contributed by atoms with Gasteiger partial charge in [0.2, 0.25) is 0 Å². The summed E-state index contributed by atoms with van der Waals surface area (Å²) < 4.78 is 0. The van der Waals surface area contributed by atoms with Crippen LogP contribution in [0.2, 0.25) is 10.0 Å². The van der Waals surface area contributed by atoms with Crippen LogP contribution < -0.4 is 0 Å². The fraction of sp³-hybridized carbons (Fsp3) is 0.286. The minimum atomic E-state index is -0.762. The Bertz CT molecular complexity index is 590. The number of halogens is 2. The van der Waals surface area contributed by atoms with Crippen molar-refractivity contribution in [3.05, 3.63) is 56.3 Å². The molecule has 96 valence electrons. The molecule has 4 heteroatoms. The third-order valence-corrected chi connectivity index (χ3v) is 3.94. The summed E-state index contributed by atoms with van der Waals surface area (Å²) in [6.45, 7) is 6.00. The maximum atomic E-state index is 10.4. The lowest BCUT2D eigenvalue weighted by Gasteiger charge is -2.13. The Morgan fingerprint density at radius 1 is 1.11 bits per heavy atom. The average Bonchev–Trinajstić information content (AvgIpc) is 2.56. The number of nitrogens with one attached hydrogen (secondary N) is 1. The van der Waals surface area contributed by atoms with Crippen LogP contribution in [0.4, 0.5) is 0 Å². The lowest BCUT2D eigenvalue weighted by atomic mass is 10.0. The van der Waals surface area contributed by atoms with E-state index in [-0.39, 0.29) is 0 Å². The minimum absolute atomic E-state index is 0.472. The average molecular weight is 284 g/mol. The highest BCUT2D eigenvalue weighted by Crippen LogP contribution is 2.32. The largest absolute Gasteiger partial charge is 0.382 e. The first kappa shape index (κ1) is 13.5. The molecule has 1 unspecified atom stereocenters. The van der Waals surface area contributed by atoms with Crippen molar-refractivity contribution in [3.8, 4) is 0 Å². The van der Waals surface area contributed by atoms with Crippen molar-refractivity contribution in [2.75, 3.05) is 0 Å².